The molecule has 2 heterocycles. The molecule has 2 aliphatic rings. The number of rotatable bonds is 8. The first-order valence-electron chi connectivity index (χ1n) is 11.1. The average Bonchev–Trinajstić information content (AvgIpc) is 3.25. The number of carbonyl (C=O) groups is 2. The van der Waals surface area contributed by atoms with E-state index in [9.17, 15) is 9.59 Å². The minimum atomic E-state index is 0.0314. The van der Waals surface area contributed by atoms with Crippen molar-refractivity contribution in [3.63, 3.8) is 0 Å². The molecule has 2 fully saturated rings. The van der Waals surface area contributed by atoms with Crippen LogP contribution >= 0.6 is 0 Å². The van der Waals surface area contributed by atoms with Crippen LogP contribution in [0.15, 0.2) is 24.3 Å². The van der Waals surface area contributed by atoms with Crippen molar-refractivity contribution in [3.8, 4) is 5.75 Å². The SMILES string of the molecule is CCN(CC)C1CCN(C(=O)c2ccc(OC3CCN(C(=O)COC)CC3)cc2)C1. The van der Waals surface area contributed by atoms with Crippen LogP contribution in [-0.2, 0) is 9.53 Å². The Hall–Kier alpha value is -2.12. The number of piperidine rings is 1. The lowest BCUT2D eigenvalue weighted by atomic mass is 10.1. The molecule has 0 bridgehead atoms. The fraction of sp³-hybridized carbons (Fsp3) is 0.652. The number of hydrogen-bond acceptors (Lipinski definition) is 5. The summed E-state index contributed by atoms with van der Waals surface area (Å²) in [7, 11) is 1.54. The van der Waals surface area contributed by atoms with Gasteiger partial charge >= 0.3 is 0 Å². The van der Waals surface area contributed by atoms with Gasteiger partial charge in [0.1, 0.15) is 18.5 Å². The maximum atomic E-state index is 12.9. The van der Waals surface area contributed by atoms with Gasteiger partial charge in [-0.05, 0) is 43.8 Å². The Balaban J connectivity index is 1.48. The zero-order valence-corrected chi connectivity index (χ0v) is 18.5. The molecule has 1 aromatic rings. The number of hydrogen-bond donors (Lipinski definition) is 0. The zero-order chi connectivity index (χ0) is 21.5. The third-order valence-electron chi connectivity index (χ3n) is 6.25. The van der Waals surface area contributed by atoms with E-state index in [1.54, 1.807) is 0 Å². The molecular formula is C23H35N3O4. The zero-order valence-electron chi connectivity index (χ0n) is 18.5. The van der Waals surface area contributed by atoms with E-state index in [1.807, 2.05) is 34.1 Å². The van der Waals surface area contributed by atoms with Crippen molar-refractivity contribution in [2.45, 2.75) is 45.3 Å². The molecule has 166 valence electrons. The molecule has 0 spiro atoms. The summed E-state index contributed by atoms with van der Waals surface area (Å²) < 4.78 is 11.0. The van der Waals surface area contributed by atoms with E-state index in [-0.39, 0.29) is 24.5 Å². The smallest absolute Gasteiger partial charge is 0.253 e. The highest BCUT2D eigenvalue weighted by Crippen LogP contribution is 2.22. The first kappa shape index (κ1) is 22.6. The summed E-state index contributed by atoms with van der Waals surface area (Å²) in [6.07, 6.45) is 2.74. The lowest BCUT2D eigenvalue weighted by molar-refractivity contribution is -0.136. The van der Waals surface area contributed by atoms with Crippen LogP contribution in [0.4, 0.5) is 0 Å². The molecule has 0 saturated carbocycles. The lowest BCUT2D eigenvalue weighted by Crippen LogP contribution is -2.43. The molecule has 2 saturated heterocycles. The predicted octanol–water partition coefficient (Wildman–Crippen LogP) is 2.26. The molecule has 2 amide bonds. The van der Waals surface area contributed by atoms with Gasteiger partial charge in [-0.3, -0.25) is 14.5 Å². The molecule has 1 aromatic carbocycles. The third-order valence-corrected chi connectivity index (χ3v) is 6.25. The molecule has 30 heavy (non-hydrogen) atoms. The second-order valence-electron chi connectivity index (χ2n) is 8.07. The van der Waals surface area contributed by atoms with Crippen LogP contribution in [-0.4, -0.2) is 91.6 Å². The fourth-order valence-corrected chi connectivity index (χ4v) is 4.45. The van der Waals surface area contributed by atoms with Crippen molar-refractivity contribution in [1.82, 2.24) is 14.7 Å². The maximum Gasteiger partial charge on any atom is 0.253 e. The summed E-state index contributed by atoms with van der Waals surface area (Å²) >= 11 is 0. The molecule has 1 unspecified atom stereocenters. The van der Waals surface area contributed by atoms with E-state index in [1.165, 1.54) is 7.11 Å². The monoisotopic (exact) mass is 417 g/mol. The van der Waals surface area contributed by atoms with E-state index in [4.69, 9.17) is 9.47 Å². The van der Waals surface area contributed by atoms with Gasteiger partial charge in [-0.25, -0.2) is 0 Å². The van der Waals surface area contributed by atoms with Gasteiger partial charge in [0.25, 0.3) is 5.91 Å². The fourth-order valence-electron chi connectivity index (χ4n) is 4.45. The van der Waals surface area contributed by atoms with E-state index in [2.05, 4.69) is 18.7 Å². The van der Waals surface area contributed by atoms with Crippen LogP contribution < -0.4 is 4.74 Å². The van der Waals surface area contributed by atoms with Crippen LogP contribution in [0.3, 0.4) is 0 Å². The van der Waals surface area contributed by atoms with Crippen LogP contribution in [0, 0.1) is 0 Å². The van der Waals surface area contributed by atoms with Gasteiger partial charge in [0.15, 0.2) is 0 Å². The van der Waals surface area contributed by atoms with Gasteiger partial charge in [-0.15, -0.1) is 0 Å². The maximum absolute atomic E-state index is 12.9. The largest absolute Gasteiger partial charge is 0.490 e. The van der Waals surface area contributed by atoms with Crippen molar-refractivity contribution in [2.24, 2.45) is 0 Å². The molecule has 0 N–H and O–H groups in total. The summed E-state index contributed by atoms with van der Waals surface area (Å²) in [4.78, 5) is 31.0. The number of likely N-dealkylation sites (N-methyl/N-ethyl adjacent to an activating group) is 1. The van der Waals surface area contributed by atoms with Crippen LogP contribution in [0.25, 0.3) is 0 Å². The van der Waals surface area contributed by atoms with Gasteiger partial charge in [-0.1, -0.05) is 13.8 Å². The second kappa shape index (κ2) is 10.8. The molecule has 0 radical (unpaired) electrons. The number of benzene rings is 1. The normalized spacial score (nSPS) is 20.1. The molecular weight excluding hydrogens is 382 g/mol. The third kappa shape index (κ3) is 5.52. The molecule has 7 nitrogen and oxygen atoms in total. The number of methoxy groups -OCH3 is 1. The number of ether oxygens (including phenoxy) is 2. The van der Waals surface area contributed by atoms with Gasteiger partial charge in [0.2, 0.25) is 5.91 Å². The van der Waals surface area contributed by atoms with E-state index >= 15 is 0 Å². The highest BCUT2D eigenvalue weighted by molar-refractivity contribution is 5.94. The van der Waals surface area contributed by atoms with Crippen LogP contribution in [0.1, 0.15) is 43.5 Å². The Bertz CT molecular complexity index is 697. The minimum absolute atomic E-state index is 0.0314. The van der Waals surface area contributed by atoms with Crippen molar-refractivity contribution < 1.29 is 19.1 Å². The van der Waals surface area contributed by atoms with Crippen LogP contribution in [0.5, 0.6) is 5.75 Å². The second-order valence-corrected chi connectivity index (χ2v) is 8.07. The summed E-state index contributed by atoms with van der Waals surface area (Å²) in [5, 5.41) is 0. The topological polar surface area (TPSA) is 62.3 Å². The van der Waals surface area contributed by atoms with Gasteiger partial charge < -0.3 is 19.3 Å². The quantitative estimate of drug-likeness (QED) is 0.649. The van der Waals surface area contributed by atoms with Crippen molar-refractivity contribution in [1.29, 1.82) is 0 Å². The Morgan fingerprint density at radius 2 is 1.63 bits per heavy atom. The van der Waals surface area contributed by atoms with Gasteiger partial charge in [0.05, 0.1) is 0 Å². The average molecular weight is 418 g/mol. The van der Waals surface area contributed by atoms with Crippen molar-refractivity contribution in [2.75, 3.05) is 53.0 Å². The van der Waals surface area contributed by atoms with Crippen LogP contribution in [0.2, 0.25) is 0 Å². The number of carbonyl (C=O) groups excluding carboxylic acids is 2. The molecule has 0 aliphatic carbocycles. The first-order chi connectivity index (χ1) is 14.5. The van der Waals surface area contributed by atoms with Crippen molar-refractivity contribution >= 4 is 11.8 Å². The molecule has 7 heteroatoms. The molecule has 1 atom stereocenters. The first-order valence-corrected chi connectivity index (χ1v) is 11.1. The lowest BCUT2D eigenvalue weighted by Gasteiger charge is -2.32. The number of likely N-dealkylation sites (tertiary alicyclic amines) is 2. The summed E-state index contributed by atoms with van der Waals surface area (Å²) in [5.41, 5.74) is 0.711. The van der Waals surface area contributed by atoms with E-state index in [0.717, 1.165) is 51.2 Å². The van der Waals surface area contributed by atoms with E-state index in [0.29, 0.717) is 24.7 Å². The summed E-state index contributed by atoms with van der Waals surface area (Å²) in [5.74, 6) is 0.904. The highest BCUT2D eigenvalue weighted by Gasteiger charge is 2.30. The van der Waals surface area contributed by atoms with Crippen molar-refractivity contribution in [3.05, 3.63) is 29.8 Å². The Morgan fingerprint density at radius 1 is 1.00 bits per heavy atom. The summed E-state index contributed by atoms with van der Waals surface area (Å²) in [6, 6.07) is 7.95. The number of amides is 2. The standard InChI is InChI=1S/C23H35N3O4/c1-4-24(5-2)19-10-13-26(16-19)23(28)18-6-8-20(9-7-18)30-21-11-14-25(15-12-21)22(27)17-29-3/h6-9,19,21H,4-5,10-17H2,1-3H3. The Kier molecular flexibility index (Phi) is 8.10. The molecule has 2 aliphatic heterocycles. The molecule has 3 rings (SSSR count). The van der Waals surface area contributed by atoms with E-state index < -0.39 is 0 Å². The Labute approximate surface area is 179 Å². The van der Waals surface area contributed by atoms with Gasteiger partial charge in [-0.2, -0.15) is 0 Å². The predicted molar refractivity (Wildman–Crippen MR) is 116 cm³/mol. The van der Waals surface area contributed by atoms with Gasteiger partial charge in [0, 0.05) is 57.7 Å². The number of nitrogens with zero attached hydrogens (tertiary/aromatic N) is 3. The Morgan fingerprint density at radius 3 is 2.23 bits per heavy atom. The minimum Gasteiger partial charge on any atom is -0.490 e. The molecule has 0 aromatic heterocycles. The summed E-state index contributed by atoms with van der Waals surface area (Å²) in [6.45, 7) is 9.52. The highest BCUT2D eigenvalue weighted by atomic mass is 16.5.